The minimum Gasteiger partial charge on any atom is -0.481 e. The lowest BCUT2D eigenvalue weighted by Gasteiger charge is -2.34. The van der Waals surface area contributed by atoms with Gasteiger partial charge >= 0.3 is 21.1 Å². The van der Waals surface area contributed by atoms with E-state index in [9.17, 15) is 13.9 Å². The van der Waals surface area contributed by atoms with Crippen LogP contribution >= 0.6 is 15.4 Å². The molecule has 0 amide bonds. The number of nitrogen functional groups attached to an aromatic ring is 1. The van der Waals surface area contributed by atoms with Gasteiger partial charge in [0.25, 0.3) is 0 Å². The molecule has 2 N–H and O–H groups in total. The lowest BCUT2D eigenvalue weighted by Crippen LogP contribution is -2.46. The third kappa shape index (κ3) is 5.85. The number of ether oxygens (including phenoxy) is 4. The average molecular weight is 770 g/mol. The van der Waals surface area contributed by atoms with Crippen LogP contribution in [0, 0.1) is 6.92 Å². The highest BCUT2D eigenvalue weighted by Crippen LogP contribution is 2.61. The average Bonchev–Trinajstić information content (AvgIpc) is 3.69. The fourth-order valence-electron chi connectivity index (χ4n) is 6.48. The topological polar surface area (TPSA) is 222 Å². The van der Waals surface area contributed by atoms with Crippen molar-refractivity contribution in [3.8, 4) is 17.4 Å². The highest BCUT2D eigenvalue weighted by molar-refractivity contribution is 7.54. The Morgan fingerprint density at radius 3 is 2.46 bits per heavy atom. The molecule has 1 aromatic carbocycles. The van der Waals surface area contributed by atoms with Crippen LogP contribution in [0.5, 0.6) is 17.4 Å². The summed E-state index contributed by atoms with van der Waals surface area (Å²) in [6, 6.07) is 6.70. The van der Waals surface area contributed by atoms with Crippen LogP contribution in [0.4, 0.5) is 14.7 Å². The molecule has 0 spiro atoms. The van der Waals surface area contributed by atoms with Gasteiger partial charge in [-0.2, -0.15) is 9.97 Å². The van der Waals surface area contributed by atoms with Crippen LogP contribution in [-0.2, 0) is 36.9 Å². The van der Waals surface area contributed by atoms with Crippen LogP contribution < -0.4 is 25.2 Å². The molecule has 0 aliphatic carbocycles. The Labute approximate surface area is 292 Å². The molecule has 4 aromatic rings. The third-order valence-electron chi connectivity index (χ3n) is 8.94. The van der Waals surface area contributed by atoms with Gasteiger partial charge in [0.1, 0.15) is 29.2 Å². The standard InChI is InChI=1S/C29H31F2N7O12P2/c1-14-19-22(36-26(32)34-14)38(12-33-19)25-28(2,30)20-17(45-25)11-44-52(41,50-20)48-16-7-5-6-15(10-16)47-51(40)13-43-23-21(49-51)29(3,31)24(46-23)37-9-8-18(42-4)35-27(37)39/h5-10,12,17,20-21,23-25H,11,13H2,1-4H3,(H2,32,34,36)/t17-,20-,21-,23+,24-,25-,28-,29-,51?,52?/m1/s1. The van der Waals surface area contributed by atoms with Gasteiger partial charge in [0.15, 0.2) is 48.2 Å². The summed E-state index contributed by atoms with van der Waals surface area (Å²) in [4.78, 5) is 28.8. The molecule has 3 aromatic heterocycles. The summed E-state index contributed by atoms with van der Waals surface area (Å²) in [6.07, 6.45) is -6.26. The molecule has 8 rings (SSSR count). The zero-order chi connectivity index (χ0) is 36.8. The van der Waals surface area contributed by atoms with E-state index >= 15 is 8.78 Å². The monoisotopic (exact) mass is 769 g/mol. The number of methoxy groups -OCH3 is 1. The molecule has 10 atom stereocenters. The number of fused-ring (bicyclic) bond motifs is 3. The Morgan fingerprint density at radius 2 is 1.71 bits per heavy atom. The maximum absolute atomic E-state index is 16.5. The molecular formula is C29H31F2N7O12P2. The van der Waals surface area contributed by atoms with Crippen LogP contribution in [0.1, 0.15) is 32.0 Å². The summed E-state index contributed by atoms with van der Waals surface area (Å²) < 4.78 is 112. The first-order valence-corrected chi connectivity index (χ1v) is 18.9. The normalized spacial score (nSPS) is 37.0. The van der Waals surface area contributed by atoms with Gasteiger partial charge in [-0.1, -0.05) is 6.07 Å². The van der Waals surface area contributed by atoms with Crippen molar-refractivity contribution in [2.45, 2.75) is 69.2 Å². The molecular weight excluding hydrogens is 738 g/mol. The van der Waals surface area contributed by atoms with E-state index in [0.29, 0.717) is 11.2 Å². The largest absolute Gasteiger partial charge is 0.530 e. The number of hydrogen-bond donors (Lipinski definition) is 1. The maximum Gasteiger partial charge on any atom is 0.530 e. The van der Waals surface area contributed by atoms with Gasteiger partial charge in [-0.05, 0) is 32.9 Å². The van der Waals surface area contributed by atoms with Crippen molar-refractivity contribution in [3.05, 3.63) is 59.0 Å². The number of aryl methyl sites for hydroxylation is 1. The van der Waals surface area contributed by atoms with E-state index in [1.165, 1.54) is 61.5 Å². The second-order valence-corrected chi connectivity index (χ2v) is 16.1. The molecule has 0 radical (unpaired) electrons. The van der Waals surface area contributed by atoms with Crippen molar-refractivity contribution < 1.29 is 59.5 Å². The maximum atomic E-state index is 16.5. The minimum absolute atomic E-state index is 0.0171. The molecule has 0 bridgehead atoms. The molecule has 4 aliphatic rings. The number of alkyl halides is 2. The van der Waals surface area contributed by atoms with E-state index in [4.69, 9.17) is 47.3 Å². The number of hydrogen-bond acceptors (Lipinski definition) is 17. The fourth-order valence-corrected chi connectivity index (χ4v) is 9.53. The number of rotatable bonds is 7. The van der Waals surface area contributed by atoms with E-state index in [0.717, 1.165) is 11.5 Å². The number of phosphoric ester groups is 1. The zero-order valence-corrected chi connectivity index (χ0v) is 29.5. The van der Waals surface area contributed by atoms with E-state index in [1.807, 2.05) is 0 Å². The van der Waals surface area contributed by atoms with Gasteiger partial charge in [-0.15, -0.1) is 0 Å². The summed E-state index contributed by atoms with van der Waals surface area (Å²) in [7, 11) is -7.40. The number of halogens is 2. The highest BCUT2D eigenvalue weighted by atomic mass is 31.2. The lowest BCUT2D eigenvalue weighted by atomic mass is 9.98. The van der Waals surface area contributed by atoms with Crippen molar-refractivity contribution in [2.75, 3.05) is 25.8 Å². The summed E-state index contributed by atoms with van der Waals surface area (Å²) >= 11 is 0. The van der Waals surface area contributed by atoms with Crippen molar-refractivity contribution >= 4 is 32.5 Å². The molecule has 0 saturated carbocycles. The van der Waals surface area contributed by atoms with Gasteiger partial charge in [-0.3, -0.25) is 22.7 Å². The Bertz CT molecular complexity index is 2220. The van der Waals surface area contributed by atoms with Gasteiger partial charge in [-0.25, -0.2) is 32.7 Å². The lowest BCUT2D eigenvalue weighted by molar-refractivity contribution is -0.179. The van der Waals surface area contributed by atoms with Crippen LogP contribution in [-0.4, -0.2) is 85.1 Å². The quantitative estimate of drug-likeness (QED) is 0.264. The molecule has 2 unspecified atom stereocenters. The molecule has 19 nitrogen and oxygen atoms in total. The number of anilines is 1. The number of nitrogens with zero attached hydrogens (tertiary/aromatic N) is 6. The van der Waals surface area contributed by atoms with Crippen LogP contribution in [0.15, 0.2) is 47.7 Å². The summed E-state index contributed by atoms with van der Waals surface area (Å²) in [5.74, 6) is -0.264. The van der Waals surface area contributed by atoms with Crippen molar-refractivity contribution in [1.29, 1.82) is 0 Å². The molecule has 52 heavy (non-hydrogen) atoms. The molecule has 23 heteroatoms. The Balaban J connectivity index is 0.961. The van der Waals surface area contributed by atoms with Crippen LogP contribution in [0.2, 0.25) is 0 Å². The fraction of sp³-hybridized carbons (Fsp3) is 0.483. The zero-order valence-electron chi connectivity index (χ0n) is 27.7. The number of nitrogens with two attached hydrogens (primary N) is 1. The second kappa shape index (κ2) is 12.2. The second-order valence-electron chi connectivity index (χ2n) is 12.7. The first-order valence-electron chi connectivity index (χ1n) is 15.7. The van der Waals surface area contributed by atoms with E-state index in [1.54, 1.807) is 6.92 Å². The number of phosphoric acid groups is 1. The van der Waals surface area contributed by atoms with Crippen molar-refractivity contribution in [2.24, 2.45) is 0 Å². The first kappa shape index (κ1) is 35.0. The first-order chi connectivity index (χ1) is 24.6. The molecule has 4 saturated heterocycles. The smallest absolute Gasteiger partial charge is 0.481 e. The Kier molecular flexibility index (Phi) is 8.24. The van der Waals surface area contributed by atoms with Gasteiger partial charge < -0.3 is 33.7 Å². The van der Waals surface area contributed by atoms with Crippen molar-refractivity contribution in [1.82, 2.24) is 29.1 Å². The highest BCUT2D eigenvalue weighted by Gasteiger charge is 2.63. The van der Waals surface area contributed by atoms with Gasteiger partial charge in [0.2, 0.25) is 11.8 Å². The van der Waals surface area contributed by atoms with E-state index in [2.05, 4.69) is 19.9 Å². The van der Waals surface area contributed by atoms with Crippen LogP contribution in [0.25, 0.3) is 11.2 Å². The molecule has 7 heterocycles. The van der Waals surface area contributed by atoms with Gasteiger partial charge in [0.05, 0.1) is 25.7 Å². The number of aromatic nitrogens is 6. The summed E-state index contributed by atoms with van der Waals surface area (Å²) in [6.45, 7) is 3.64. The van der Waals surface area contributed by atoms with Crippen molar-refractivity contribution in [3.63, 3.8) is 0 Å². The Morgan fingerprint density at radius 1 is 0.981 bits per heavy atom. The predicted molar refractivity (Wildman–Crippen MR) is 171 cm³/mol. The van der Waals surface area contributed by atoms with Crippen LogP contribution in [0.3, 0.4) is 0 Å². The summed E-state index contributed by atoms with van der Waals surface area (Å²) in [5, 5.41) is 0. The van der Waals surface area contributed by atoms with Gasteiger partial charge in [0, 0.05) is 18.3 Å². The van der Waals surface area contributed by atoms with E-state index < -0.39 is 75.9 Å². The minimum atomic E-state index is -4.49. The molecule has 4 fully saturated rings. The predicted octanol–water partition coefficient (Wildman–Crippen LogP) is 3.74. The Hall–Kier alpha value is -4.07. The number of benzene rings is 1. The number of imidazole rings is 1. The molecule has 4 aliphatic heterocycles. The third-order valence-corrected chi connectivity index (χ3v) is 11.8. The SMILES string of the molecule is COc1ccn([C@@H]2O[C@@H]3OCP(=O)(Oc4cccc(OP5(=O)OC[C@H]6O[C@@H](n7cnc8c(C)nc(N)nc87)[C@](C)(F)[C@@H]6O5)c4)O[C@H]3[C@@]2(C)F)c(=O)n1. The van der Waals surface area contributed by atoms with E-state index in [-0.39, 0.29) is 35.6 Å². The molecule has 278 valence electrons. The summed E-state index contributed by atoms with van der Waals surface area (Å²) in [5.41, 5.74) is 1.34.